The number of rotatable bonds is 8. The summed E-state index contributed by atoms with van der Waals surface area (Å²) < 4.78 is 20.4. The highest BCUT2D eigenvalue weighted by Gasteiger charge is 2.32. The van der Waals surface area contributed by atoms with E-state index < -0.39 is 36.0 Å². The molecule has 0 saturated heterocycles. The standard InChI is InChI=1S/C22H20FN5O4/c23-16-10-14(6-7-17(16)32-15-8-9-27-18(24)11-15)28(20(30)12-19(25)29)21(22(26)31)13-4-2-1-3-5-13/h1-11,21H,12H2,(H2,24,27)(H2,25,29)(H2,26,31)/t21-/m1/s1. The van der Waals surface area contributed by atoms with E-state index in [1.54, 1.807) is 30.3 Å². The Morgan fingerprint density at radius 3 is 2.34 bits per heavy atom. The maximum absolute atomic E-state index is 14.9. The molecule has 6 N–H and O–H groups in total. The summed E-state index contributed by atoms with van der Waals surface area (Å²) in [6, 6.07) is 13.4. The van der Waals surface area contributed by atoms with Crippen molar-refractivity contribution in [2.75, 3.05) is 10.6 Å². The fourth-order valence-electron chi connectivity index (χ4n) is 3.09. The number of carbonyl (C=O) groups excluding carboxylic acids is 3. The topological polar surface area (TPSA) is 155 Å². The van der Waals surface area contributed by atoms with Crippen LogP contribution in [0.1, 0.15) is 18.0 Å². The van der Waals surface area contributed by atoms with E-state index in [4.69, 9.17) is 21.9 Å². The van der Waals surface area contributed by atoms with Crippen LogP contribution in [0.4, 0.5) is 15.9 Å². The Labute approximate surface area is 182 Å². The molecular weight excluding hydrogens is 417 g/mol. The summed E-state index contributed by atoms with van der Waals surface area (Å²) in [5, 5.41) is 0. The quantitative estimate of drug-likeness (QED) is 0.458. The molecule has 0 aliphatic rings. The Morgan fingerprint density at radius 1 is 1.03 bits per heavy atom. The molecule has 0 aliphatic carbocycles. The maximum atomic E-state index is 14.9. The molecule has 164 valence electrons. The molecule has 1 atom stereocenters. The number of nitrogen functional groups attached to an aromatic ring is 1. The van der Waals surface area contributed by atoms with Crippen molar-refractivity contribution in [2.24, 2.45) is 11.5 Å². The number of nitrogens with zero attached hydrogens (tertiary/aromatic N) is 2. The van der Waals surface area contributed by atoms with E-state index in [0.29, 0.717) is 5.56 Å². The second-order valence-corrected chi connectivity index (χ2v) is 6.76. The molecule has 3 aromatic rings. The number of hydrogen-bond donors (Lipinski definition) is 3. The van der Waals surface area contributed by atoms with Gasteiger partial charge in [-0.2, -0.15) is 0 Å². The minimum Gasteiger partial charge on any atom is -0.454 e. The second-order valence-electron chi connectivity index (χ2n) is 6.76. The molecule has 2 aromatic carbocycles. The van der Waals surface area contributed by atoms with Crippen molar-refractivity contribution >= 4 is 29.2 Å². The van der Waals surface area contributed by atoms with Crippen molar-refractivity contribution in [3.05, 3.63) is 78.2 Å². The van der Waals surface area contributed by atoms with Gasteiger partial charge in [0.1, 0.15) is 24.0 Å². The number of amides is 3. The van der Waals surface area contributed by atoms with E-state index in [1.165, 1.54) is 30.5 Å². The number of carbonyl (C=O) groups is 3. The molecule has 0 unspecified atom stereocenters. The SMILES string of the molecule is NC(=O)CC(=O)N(c1ccc(Oc2ccnc(N)c2)c(F)c1)[C@@H](C(N)=O)c1ccccc1. The Balaban J connectivity index is 2.02. The van der Waals surface area contributed by atoms with Crippen LogP contribution < -0.4 is 26.8 Å². The third-order valence-corrected chi connectivity index (χ3v) is 4.41. The van der Waals surface area contributed by atoms with Crippen LogP contribution in [0.15, 0.2) is 66.9 Å². The van der Waals surface area contributed by atoms with Gasteiger partial charge >= 0.3 is 0 Å². The van der Waals surface area contributed by atoms with Crippen molar-refractivity contribution in [3.63, 3.8) is 0 Å². The third kappa shape index (κ3) is 5.17. The molecule has 0 spiro atoms. The van der Waals surface area contributed by atoms with Gasteiger partial charge < -0.3 is 21.9 Å². The molecule has 3 amide bonds. The van der Waals surface area contributed by atoms with E-state index in [1.807, 2.05) is 0 Å². The number of nitrogens with two attached hydrogens (primary N) is 3. The number of pyridine rings is 1. The predicted octanol–water partition coefficient (Wildman–Crippen LogP) is 2.03. The van der Waals surface area contributed by atoms with Crippen molar-refractivity contribution in [1.82, 2.24) is 4.98 Å². The smallest absolute Gasteiger partial charge is 0.245 e. The summed E-state index contributed by atoms with van der Waals surface area (Å²) in [6.45, 7) is 0. The molecule has 1 aromatic heterocycles. The summed E-state index contributed by atoms with van der Waals surface area (Å²) >= 11 is 0. The van der Waals surface area contributed by atoms with E-state index in [0.717, 1.165) is 11.0 Å². The van der Waals surface area contributed by atoms with Crippen molar-refractivity contribution in [1.29, 1.82) is 0 Å². The van der Waals surface area contributed by atoms with E-state index in [9.17, 15) is 18.8 Å². The molecule has 0 radical (unpaired) electrons. The number of ether oxygens (including phenoxy) is 1. The summed E-state index contributed by atoms with van der Waals surface area (Å²) in [5.41, 5.74) is 16.7. The summed E-state index contributed by atoms with van der Waals surface area (Å²) in [5.74, 6) is -3.14. The van der Waals surface area contributed by atoms with Crippen LogP contribution in [0.3, 0.4) is 0 Å². The summed E-state index contributed by atoms with van der Waals surface area (Å²) in [4.78, 5) is 41.3. The van der Waals surface area contributed by atoms with Crippen molar-refractivity contribution < 1.29 is 23.5 Å². The maximum Gasteiger partial charge on any atom is 0.245 e. The number of primary amides is 2. The highest BCUT2D eigenvalue weighted by Crippen LogP contribution is 2.33. The Hall–Kier alpha value is -4.47. The monoisotopic (exact) mass is 437 g/mol. The van der Waals surface area contributed by atoms with Gasteiger partial charge in [0.2, 0.25) is 17.7 Å². The summed E-state index contributed by atoms with van der Waals surface area (Å²) in [6.07, 6.45) is 0.700. The molecule has 32 heavy (non-hydrogen) atoms. The minimum atomic E-state index is -1.30. The lowest BCUT2D eigenvalue weighted by atomic mass is 10.0. The first-order chi connectivity index (χ1) is 15.3. The van der Waals surface area contributed by atoms with Crippen LogP contribution in [0, 0.1) is 5.82 Å². The summed E-state index contributed by atoms with van der Waals surface area (Å²) in [7, 11) is 0. The van der Waals surface area contributed by atoms with Gasteiger partial charge in [0.05, 0.1) is 0 Å². The van der Waals surface area contributed by atoms with Crippen LogP contribution in [-0.2, 0) is 14.4 Å². The lowest BCUT2D eigenvalue weighted by molar-refractivity contribution is -0.128. The fraction of sp³-hybridized carbons (Fsp3) is 0.0909. The molecule has 0 fully saturated rings. The van der Waals surface area contributed by atoms with Gasteiger partial charge in [0.25, 0.3) is 0 Å². The van der Waals surface area contributed by atoms with Gasteiger partial charge in [-0.15, -0.1) is 0 Å². The molecule has 3 rings (SSSR count). The normalized spacial score (nSPS) is 11.4. The fourth-order valence-corrected chi connectivity index (χ4v) is 3.09. The van der Waals surface area contributed by atoms with E-state index in [-0.39, 0.29) is 23.0 Å². The highest BCUT2D eigenvalue weighted by molar-refractivity contribution is 6.08. The number of hydrogen-bond acceptors (Lipinski definition) is 6. The molecule has 0 aliphatic heterocycles. The predicted molar refractivity (Wildman–Crippen MR) is 115 cm³/mol. The van der Waals surface area contributed by atoms with Crippen molar-refractivity contribution in [3.8, 4) is 11.5 Å². The number of aromatic nitrogens is 1. The molecule has 9 nitrogen and oxygen atoms in total. The Bertz CT molecular complexity index is 1160. The molecule has 1 heterocycles. The first-order valence-electron chi connectivity index (χ1n) is 9.40. The largest absolute Gasteiger partial charge is 0.454 e. The minimum absolute atomic E-state index is 0.0111. The van der Waals surface area contributed by atoms with Gasteiger partial charge in [-0.3, -0.25) is 19.3 Å². The lowest BCUT2D eigenvalue weighted by Gasteiger charge is -2.30. The lowest BCUT2D eigenvalue weighted by Crippen LogP contribution is -2.43. The van der Waals surface area contributed by atoms with Crippen LogP contribution in [-0.4, -0.2) is 22.7 Å². The zero-order valence-corrected chi connectivity index (χ0v) is 16.8. The third-order valence-electron chi connectivity index (χ3n) is 4.41. The van der Waals surface area contributed by atoms with Gasteiger partial charge in [0, 0.05) is 24.0 Å². The Kier molecular flexibility index (Phi) is 6.64. The highest BCUT2D eigenvalue weighted by atomic mass is 19.1. The Morgan fingerprint density at radius 2 is 1.75 bits per heavy atom. The van der Waals surface area contributed by atoms with E-state index >= 15 is 0 Å². The molecule has 10 heteroatoms. The average Bonchev–Trinajstić information content (AvgIpc) is 2.73. The molecular formula is C22H20FN5O4. The van der Waals surface area contributed by atoms with E-state index in [2.05, 4.69) is 4.98 Å². The number of halogens is 1. The van der Waals surface area contributed by atoms with Crippen LogP contribution in [0.2, 0.25) is 0 Å². The first kappa shape index (κ1) is 22.2. The zero-order chi connectivity index (χ0) is 23.3. The number of anilines is 2. The molecule has 0 bridgehead atoms. The molecule has 0 saturated carbocycles. The van der Waals surface area contributed by atoms with Gasteiger partial charge in [-0.05, 0) is 23.8 Å². The van der Waals surface area contributed by atoms with Crippen LogP contribution in [0.25, 0.3) is 0 Å². The van der Waals surface area contributed by atoms with Crippen molar-refractivity contribution in [2.45, 2.75) is 12.5 Å². The van der Waals surface area contributed by atoms with Gasteiger partial charge in [-0.1, -0.05) is 30.3 Å². The van der Waals surface area contributed by atoms with Gasteiger partial charge in [0.15, 0.2) is 11.6 Å². The average molecular weight is 437 g/mol. The van der Waals surface area contributed by atoms with Crippen LogP contribution in [0.5, 0.6) is 11.5 Å². The number of benzene rings is 2. The van der Waals surface area contributed by atoms with Gasteiger partial charge in [-0.25, -0.2) is 9.37 Å². The second kappa shape index (κ2) is 9.56. The first-order valence-corrected chi connectivity index (χ1v) is 9.40. The van der Waals surface area contributed by atoms with Crippen LogP contribution >= 0.6 is 0 Å². The zero-order valence-electron chi connectivity index (χ0n) is 16.8.